The molecule has 0 bridgehead atoms. The highest BCUT2D eigenvalue weighted by Crippen LogP contribution is 2.40. The SMILES string of the molecule is O=C1/C(=C/c2cc(Cl)cc(Cl)c2O)SC(=Nc2ccccc2)N1C1CCCCC1. The minimum Gasteiger partial charge on any atom is -0.506 e. The van der Waals surface area contributed by atoms with E-state index in [9.17, 15) is 9.90 Å². The summed E-state index contributed by atoms with van der Waals surface area (Å²) >= 11 is 13.4. The molecule has 1 heterocycles. The summed E-state index contributed by atoms with van der Waals surface area (Å²) in [5.74, 6) is -0.179. The molecule has 1 N–H and O–H groups in total. The molecule has 0 radical (unpaired) electrons. The van der Waals surface area contributed by atoms with E-state index in [1.165, 1.54) is 24.2 Å². The summed E-state index contributed by atoms with van der Waals surface area (Å²) < 4.78 is 0. The summed E-state index contributed by atoms with van der Waals surface area (Å²) in [5, 5.41) is 11.5. The highest BCUT2D eigenvalue weighted by atomic mass is 35.5. The van der Waals surface area contributed by atoms with E-state index in [2.05, 4.69) is 0 Å². The number of benzene rings is 2. The first kappa shape index (κ1) is 20.3. The number of amides is 1. The number of aromatic hydroxyl groups is 1. The fraction of sp³-hybridized carbons (Fsp3) is 0.273. The molecule has 2 aromatic carbocycles. The van der Waals surface area contributed by atoms with Crippen LogP contribution in [0.1, 0.15) is 37.7 Å². The quantitative estimate of drug-likeness (QED) is 0.537. The molecule has 2 fully saturated rings. The van der Waals surface area contributed by atoms with Crippen molar-refractivity contribution in [3.05, 3.63) is 63.0 Å². The summed E-state index contributed by atoms with van der Waals surface area (Å²) in [5.41, 5.74) is 1.22. The van der Waals surface area contributed by atoms with Gasteiger partial charge in [-0.2, -0.15) is 0 Å². The Kier molecular flexibility index (Phi) is 6.18. The second kappa shape index (κ2) is 8.82. The van der Waals surface area contributed by atoms with Gasteiger partial charge in [-0.25, -0.2) is 4.99 Å². The molecule has 0 aromatic heterocycles. The minimum atomic E-state index is -0.0907. The Morgan fingerprint density at radius 1 is 1.10 bits per heavy atom. The van der Waals surface area contributed by atoms with Crippen LogP contribution >= 0.6 is 35.0 Å². The van der Waals surface area contributed by atoms with Crippen LogP contribution in [0.25, 0.3) is 6.08 Å². The molecule has 2 aliphatic rings. The number of phenolic OH excluding ortho intramolecular Hbond substituents is 1. The van der Waals surface area contributed by atoms with E-state index in [1.54, 1.807) is 12.1 Å². The molecule has 1 saturated carbocycles. The van der Waals surface area contributed by atoms with Crippen molar-refractivity contribution in [1.82, 2.24) is 4.90 Å². The zero-order chi connectivity index (χ0) is 20.4. The van der Waals surface area contributed by atoms with Gasteiger partial charge < -0.3 is 5.11 Å². The van der Waals surface area contributed by atoms with Crippen LogP contribution in [0.5, 0.6) is 5.75 Å². The first-order valence-electron chi connectivity index (χ1n) is 9.58. The molecule has 1 amide bonds. The fourth-order valence-corrected chi connectivity index (χ4v) is 5.23. The normalized spacial score (nSPS) is 20.8. The third-order valence-corrected chi connectivity index (χ3v) is 6.59. The van der Waals surface area contributed by atoms with E-state index in [0.717, 1.165) is 31.4 Å². The van der Waals surface area contributed by atoms with Gasteiger partial charge in [0.25, 0.3) is 5.91 Å². The lowest BCUT2D eigenvalue weighted by Crippen LogP contribution is -2.40. The van der Waals surface area contributed by atoms with Crippen molar-refractivity contribution in [3.63, 3.8) is 0 Å². The fourth-order valence-electron chi connectivity index (χ4n) is 3.68. The van der Waals surface area contributed by atoms with Crippen molar-refractivity contribution in [2.75, 3.05) is 0 Å². The summed E-state index contributed by atoms with van der Waals surface area (Å²) in [6.07, 6.45) is 7.02. The molecule has 1 aliphatic carbocycles. The Morgan fingerprint density at radius 3 is 2.55 bits per heavy atom. The van der Waals surface area contributed by atoms with E-state index in [-0.39, 0.29) is 22.7 Å². The van der Waals surface area contributed by atoms with E-state index in [0.29, 0.717) is 20.7 Å². The Balaban J connectivity index is 1.74. The average Bonchev–Trinajstić information content (AvgIpc) is 3.02. The van der Waals surface area contributed by atoms with Gasteiger partial charge in [0.2, 0.25) is 0 Å². The van der Waals surface area contributed by atoms with Gasteiger partial charge in [0.15, 0.2) is 5.17 Å². The second-order valence-electron chi connectivity index (χ2n) is 7.13. The van der Waals surface area contributed by atoms with Crippen LogP contribution < -0.4 is 0 Å². The molecule has 4 nitrogen and oxygen atoms in total. The van der Waals surface area contributed by atoms with Crippen molar-refractivity contribution in [2.24, 2.45) is 4.99 Å². The standard InChI is InChI=1S/C22H20Cl2N2O2S/c23-15-11-14(20(27)18(24)13-15)12-19-21(28)26(17-9-5-2-6-10-17)22(29-19)25-16-7-3-1-4-8-16/h1,3-4,7-8,11-13,17,27H,2,5-6,9-10H2/b19-12-,25-22?. The van der Waals surface area contributed by atoms with Crippen LogP contribution in [0, 0.1) is 0 Å². The molecule has 0 unspecified atom stereocenters. The molecule has 1 aliphatic heterocycles. The largest absolute Gasteiger partial charge is 0.506 e. The van der Waals surface area contributed by atoms with Crippen LogP contribution in [0.2, 0.25) is 10.0 Å². The summed E-state index contributed by atoms with van der Waals surface area (Å²) in [6.45, 7) is 0. The number of carbonyl (C=O) groups excluding carboxylic acids is 1. The predicted octanol–water partition coefficient (Wildman–Crippen LogP) is 6.64. The minimum absolute atomic E-state index is 0.0883. The van der Waals surface area contributed by atoms with Gasteiger partial charge in [-0.3, -0.25) is 9.69 Å². The van der Waals surface area contributed by atoms with Crippen molar-refractivity contribution in [2.45, 2.75) is 38.1 Å². The lowest BCUT2D eigenvalue weighted by Gasteiger charge is -2.30. The number of para-hydroxylation sites is 1. The summed E-state index contributed by atoms with van der Waals surface area (Å²) in [6, 6.07) is 12.8. The Hall–Kier alpha value is -1.95. The molecule has 1 saturated heterocycles. The molecular formula is C22H20Cl2N2O2S. The Labute approximate surface area is 184 Å². The summed E-state index contributed by atoms with van der Waals surface area (Å²) in [4.78, 5) is 20.4. The maximum absolute atomic E-state index is 13.3. The van der Waals surface area contributed by atoms with Gasteiger partial charge in [-0.15, -0.1) is 0 Å². The molecule has 150 valence electrons. The monoisotopic (exact) mass is 446 g/mol. The predicted molar refractivity (Wildman–Crippen MR) is 121 cm³/mol. The van der Waals surface area contributed by atoms with Gasteiger partial charge in [0, 0.05) is 16.6 Å². The first-order chi connectivity index (χ1) is 14.0. The van der Waals surface area contributed by atoms with Crippen LogP contribution in [0.15, 0.2) is 52.4 Å². The number of phenols is 1. The number of aliphatic imine (C=N–C) groups is 1. The zero-order valence-corrected chi connectivity index (χ0v) is 18.0. The van der Waals surface area contributed by atoms with Gasteiger partial charge in [0.1, 0.15) is 5.75 Å². The third-order valence-electron chi connectivity index (χ3n) is 5.10. The average molecular weight is 447 g/mol. The number of thioether (sulfide) groups is 1. The first-order valence-corrected chi connectivity index (χ1v) is 11.1. The van der Waals surface area contributed by atoms with Gasteiger partial charge in [-0.05, 0) is 54.9 Å². The van der Waals surface area contributed by atoms with Gasteiger partial charge in [-0.1, -0.05) is 60.7 Å². The lowest BCUT2D eigenvalue weighted by molar-refractivity contribution is -0.124. The number of rotatable bonds is 3. The van der Waals surface area contributed by atoms with Crippen LogP contribution in [-0.2, 0) is 4.79 Å². The Bertz CT molecular complexity index is 986. The summed E-state index contributed by atoms with van der Waals surface area (Å²) in [7, 11) is 0. The van der Waals surface area contributed by atoms with Gasteiger partial charge in [0.05, 0.1) is 15.6 Å². The van der Waals surface area contributed by atoms with Crippen LogP contribution in [0.4, 0.5) is 5.69 Å². The van der Waals surface area contributed by atoms with Crippen molar-refractivity contribution < 1.29 is 9.90 Å². The third kappa shape index (κ3) is 4.47. The molecular weight excluding hydrogens is 427 g/mol. The number of hydrogen-bond donors (Lipinski definition) is 1. The number of halogens is 2. The number of hydrogen-bond acceptors (Lipinski definition) is 4. The highest BCUT2D eigenvalue weighted by Gasteiger charge is 2.38. The van der Waals surface area contributed by atoms with Gasteiger partial charge >= 0.3 is 0 Å². The van der Waals surface area contributed by atoms with Crippen LogP contribution in [0.3, 0.4) is 0 Å². The number of carbonyl (C=O) groups is 1. The second-order valence-corrected chi connectivity index (χ2v) is 8.99. The van der Waals surface area contributed by atoms with Crippen molar-refractivity contribution >= 4 is 57.8 Å². The van der Waals surface area contributed by atoms with E-state index >= 15 is 0 Å². The molecule has 7 heteroatoms. The van der Waals surface area contributed by atoms with Crippen molar-refractivity contribution in [3.8, 4) is 5.75 Å². The molecule has 0 atom stereocenters. The molecule has 4 rings (SSSR count). The van der Waals surface area contributed by atoms with Crippen LogP contribution in [-0.4, -0.2) is 27.1 Å². The lowest BCUT2D eigenvalue weighted by atomic mass is 9.94. The van der Waals surface area contributed by atoms with E-state index in [4.69, 9.17) is 28.2 Å². The van der Waals surface area contributed by atoms with Crippen molar-refractivity contribution in [1.29, 1.82) is 0 Å². The topological polar surface area (TPSA) is 52.9 Å². The number of nitrogens with zero attached hydrogens (tertiary/aromatic N) is 2. The molecule has 0 spiro atoms. The van der Waals surface area contributed by atoms with E-state index in [1.807, 2.05) is 35.2 Å². The molecule has 2 aromatic rings. The highest BCUT2D eigenvalue weighted by molar-refractivity contribution is 8.18. The smallest absolute Gasteiger partial charge is 0.267 e. The number of amidine groups is 1. The maximum Gasteiger partial charge on any atom is 0.267 e. The van der Waals surface area contributed by atoms with E-state index < -0.39 is 0 Å². The maximum atomic E-state index is 13.3. The Morgan fingerprint density at radius 2 is 1.83 bits per heavy atom. The zero-order valence-electron chi connectivity index (χ0n) is 15.6. The molecule has 29 heavy (non-hydrogen) atoms.